The quantitative estimate of drug-likeness (QED) is 0.693. The summed E-state index contributed by atoms with van der Waals surface area (Å²) in [7, 11) is 1.80. The van der Waals surface area contributed by atoms with Crippen molar-refractivity contribution < 1.29 is 26.9 Å². The molecular weight excluding hydrogens is 357 g/mol. The molecule has 0 radical (unpaired) electrons. The monoisotopic (exact) mass is 368 g/mol. The molecular formula is C5H11BrHgO. The third-order valence-electron chi connectivity index (χ3n) is 1.22. The van der Waals surface area contributed by atoms with Crippen LogP contribution in [0.1, 0.15) is 13.3 Å². The van der Waals surface area contributed by atoms with Crippen molar-refractivity contribution in [3.05, 3.63) is 0 Å². The molecule has 0 heterocycles. The second kappa shape index (κ2) is 6.49. The molecule has 0 aliphatic carbocycles. The van der Waals surface area contributed by atoms with Crippen LogP contribution in [0.4, 0.5) is 0 Å². The minimum absolute atomic E-state index is 0.552. The van der Waals surface area contributed by atoms with E-state index in [1.807, 2.05) is 0 Å². The van der Waals surface area contributed by atoms with Gasteiger partial charge in [-0.2, -0.15) is 0 Å². The molecule has 0 saturated carbocycles. The normalized spacial score (nSPS) is 12.9. The average Bonchev–Trinajstić information content (AvgIpc) is 1.83. The van der Waals surface area contributed by atoms with Crippen molar-refractivity contribution in [3.8, 4) is 0 Å². The minimum atomic E-state index is -0.573. The van der Waals surface area contributed by atoms with Gasteiger partial charge in [-0.3, -0.25) is 0 Å². The summed E-state index contributed by atoms with van der Waals surface area (Å²) < 4.78 is 6.51. The summed E-state index contributed by atoms with van der Waals surface area (Å²) in [6.07, 6.45) is 1.72. The van der Waals surface area contributed by atoms with E-state index in [4.69, 9.17) is 4.74 Å². The van der Waals surface area contributed by atoms with Crippen molar-refractivity contribution in [1.29, 1.82) is 0 Å². The molecule has 0 aromatic rings. The topological polar surface area (TPSA) is 9.23 Å². The van der Waals surface area contributed by atoms with Crippen LogP contribution in [0.25, 0.3) is 0 Å². The summed E-state index contributed by atoms with van der Waals surface area (Å²) in [4.78, 5) is 0. The molecule has 0 N–H and O–H groups in total. The summed E-state index contributed by atoms with van der Waals surface area (Å²) in [5.41, 5.74) is 0. The van der Waals surface area contributed by atoms with Gasteiger partial charge in [0.05, 0.1) is 0 Å². The zero-order valence-electron chi connectivity index (χ0n) is 5.48. The van der Waals surface area contributed by atoms with Crippen LogP contribution in [0.15, 0.2) is 0 Å². The van der Waals surface area contributed by atoms with Crippen LogP contribution in [0.3, 0.4) is 0 Å². The molecule has 46 valence electrons. The first-order valence-electron chi connectivity index (χ1n) is 2.93. The van der Waals surface area contributed by atoms with Crippen molar-refractivity contribution in [1.82, 2.24) is 0 Å². The summed E-state index contributed by atoms with van der Waals surface area (Å²) in [6, 6.07) is 0. The second-order valence-corrected chi connectivity index (χ2v) is 12.4. The van der Waals surface area contributed by atoms with E-state index in [-0.39, 0.29) is 0 Å². The molecule has 1 atom stereocenters. The first-order chi connectivity index (χ1) is 3.85. The summed E-state index contributed by atoms with van der Waals surface area (Å²) >= 11 is 3.00. The van der Waals surface area contributed by atoms with Crippen LogP contribution in [-0.4, -0.2) is 13.2 Å². The van der Waals surface area contributed by atoms with E-state index in [1.165, 1.54) is 10.4 Å². The number of hydrogen-bond acceptors (Lipinski definition) is 1. The van der Waals surface area contributed by atoms with Crippen LogP contribution in [0.5, 0.6) is 0 Å². The van der Waals surface area contributed by atoms with Gasteiger partial charge in [0, 0.05) is 0 Å². The average molecular weight is 368 g/mol. The van der Waals surface area contributed by atoms with Gasteiger partial charge in [-0.05, 0) is 0 Å². The third-order valence-corrected chi connectivity index (χ3v) is 8.59. The molecule has 0 aromatic carbocycles. The molecule has 0 aliphatic heterocycles. The Labute approximate surface area is 68.9 Å². The second-order valence-electron chi connectivity index (χ2n) is 1.74. The van der Waals surface area contributed by atoms with Crippen LogP contribution in [0, 0.1) is 0 Å². The van der Waals surface area contributed by atoms with Gasteiger partial charge in [0.25, 0.3) is 0 Å². The summed E-state index contributed by atoms with van der Waals surface area (Å²) in [5, 5.41) is 0. The maximum atomic E-state index is 5.17. The molecule has 0 saturated heterocycles. The van der Waals surface area contributed by atoms with Crippen molar-refractivity contribution in [2.24, 2.45) is 0 Å². The molecule has 0 rings (SSSR count). The Kier molecular flexibility index (Phi) is 7.61. The van der Waals surface area contributed by atoms with Gasteiger partial charge < -0.3 is 0 Å². The van der Waals surface area contributed by atoms with E-state index in [1.54, 1.807) is 7.11 Å². The Balaban J connectivity index is 3.07. The van der Waals surface area contributed by atoms with Gasteiger partial charge in [-0.15, -0.1) is 0 Å². The SMILES string of the molecule is CCC([CH2][Hg][Br])OC. The standard InChI is InChI=1S/C5H11O.BrH.Hg/c1-4-5(2)6-3;;/h5H,2,4H2,1,3H3;1H;/q;;+1/p-1. The summed E-state index contributed by atoms with van der Waals surface area (Å²) in [6.45, 7) is 2.17. The molecule has 0 bridgehead atoms. The van der Waals surface area contributed by atoms with Gasteiger partial charge in [0.2, 0.25) is 0 Å². The fourth-order valence-electron chi connectivity index (χ4n) is 0.610. The Bertz CT molecular complexity index is 47.7. The maximum absolute atomic E-state index is 5.17. The van der Waals surface area contributed by atoms with Crippen LogP contribution < -0.4 is 0 Å². The molecule has 1 unspecified atom stereocenters. The fourth-order valence-corrected chi connectivity index (χ4v) is 8.54. The van der Waals surface area contributed by atoms with Gasteiger partial charge in [-0.1, -0.05) is 0 Å². The molecule has 0 fully saturated rings. The van der Waals surface area contributed by atoms with Gasteiger partial charge in [0.1, 0.15) is 0 Å². The van der Waals surface area contributed by atoms with Crippen LogP contribution in [-0.2, 0) is 26.9 Å². The molecule has 0 aliphatic rings. The first kappa shape index (κ1) is 9.38. The van der Waals surface area contributed by atoms with Gasteiger partial charge >= 0.3 is 69.3 Å². The Morgan fingerprint density at radius 1 is 1.75 bits per heavy atom. The van der Waals surface area contributed by atoms with Crippen molar-refractivity contribution in [2.75, 3.05) is 7.11 Å². The van der Waals surface area contributed by atoms with Crippen molar-refractivity contribution >= 4 is 11.9 Å². The Hall–Kier alpha value is 1.38. The molecule has 1 nitrogen and oxygen atoms in total. The number of halogens is 1. The predicted molar refractivity (Wildman–Crippen MR) is 34.8 cm³/mol. The third kappa shape index (κ3) is 4.27. The Morgan fingerprint density at radius 3 is 2.50 bits per heavy atom. The number of methoxy groups -OCH3 is 1. The Morgan fingerprint density at radius 2 is 2.38 bits per heavy atom. The number of rotatable bonds is 4. The predicted octanol–water partition coefficient (Wildman–Crippen LogP) is 2.22. The van der Waals surface area contributed by atoms with Crippen molar-refractivity contribution in [3.63, 3.8) is 0 Å². The summed E-state index contributed by atoms with van der Waals surface area (Å²) in [5.74, 6) is 0. The van der Waals surface area contributed by atoms with E-state index in [2.05, 4.69) is 18.8 Å². The molecule has 0 aromatic heterocycles. The van der Waals surface area contributed by atoms with E-state index in [0.29, 0.717) is 6.10 Å². The van der Waals surface area contributed by atoms with E-state index < -0.39 is 22.1 Å². The molecule has 3 heteroatoms. The van der Waals surface area contributed by atoms with E-state index in [9.17, 15) is 0 Å². The van der Waals surface area contributed by atoms with Crippen molar-refractivity contribution in [2.45, 2.75) is 23.4 Å². The number of hydrogen-bond donors (Lipinski definition) is 0. The van der Waals surface area contributed by atoms with Crippen LogP contribution >= 0.6 is 11.9 Å². The number of ether oxygens (including phenoxy) is 1. The molecule has 0 amide bonds. The van der Waals surface area contributed by atoms with E-state index >= 15 is 0 Å². The molecule has 0 spiro atoms. The van der Waals surface area contributed by atoms with Gasteiger partial charge in [-0.25, -0.2) is 0 Å². The fraction of sp³-hybridized carbons (Fsp3) is 1.00. The van der Waals surface area contributed by atoms with Gasteiger partial charge in [0.15, 0.2) is 0 Å². The van der Waals surface area contributed by atoms with E-state index in [0.717, 1.165) is 0 Å². The zero-order valence-corrected chi connectivity index (χ0v) is 12.6. The molecule has 8 heavy (non-hydrogen) atoms. The zero-order chi connectivity index (χ0) is 6.41. The van der Waals surface area contributed by atoms with Crippen LogP contribution in [0.2, 0.25) is 3.93 Å². The first-order valence-corrected chi connectivity index (χ1v) is 18.7.